The summed E-state index contributed by atoms with van der Waals surface area (Å²) in [7, 11) is 0. The van der Waals surface area contributed by atoms with Crippen molar-refractivity contribution in [3.05, 3.63) is 33.1 Å². The number of carbonyl (C=O) groups is 3. The van der Waals surface area contributed by atoms with Crippen LogP contribution in [-0.2, 0) is 4.79 Å². The molecule has 27 heavy (non-hydrogen) atoms. The number of aromatic amines is 1. The van der Waals surface area contributed by atoms with E-state index in [1.165, 1.54) is 6.92 Å². The van der Waals surface area contributed by atoms with Gasteiger partial charge in [-0.2, -0.15) is 10.5 Å². The van der Waals surface area contributed by atoms with Crippen molar-refractivity contribution in [2.24, 2.45) is 11.3 Å². The zero-order valence-corrected chi connectivity index (χ0v) is 16.6. The van der Waals surface area contributed by atoms with E-state index in [0.717, 1.165) is 11.8 Å². The van der Waals surface area contributed by atoms with Crippen LogP contribution in [0.25, 0.3) is 0 Å². The SMILES string of the molecule is CC(=O)c1c(C)[nH]c(C(=O)CSC2=C(C#N)C(C)(C)[C@@H](C#N)C(=O)N2)c1C. The van der Waals surface area contributed by atoms with Crippen LogP contribution in [0.5, 0.6) is 0 Å². The Hall–Kier alpha value is -2.84. The van der Waals surface area contributed by atoms with Crippen LogP contribution >= 0.6 is 11.8 Å². The summed E-state index contributed by atoms with van der Waals surface area (Å²) in [4.78, 5) is 39.5. The summed E-state index contributed by atoms with van der Waals surface area (Å²) in [6, 6.07) is 4.00. The van der Waals surface area contributed by atoms with E-state index >= 15 is 0 Å². The zero-order valence-electron chi connectivity index (χ0n) is 15.8. The van der Waals surface area contributed by atoms with Crippen LogP contribution in [0.4, 0.5) is 0 Å². The molecule has 2 rings (SSSR count). The van der Waals surface area contributed by atoms with Crippen LogP contribution in [0.1, 0.15) is 52.9 Å². The van der Waals surface area contributed by atoms with Gasteiger partial charge in [-0.1, -0.05) is 25.6 Å². The minimum Gasteiger partial charge on any atom is -0.355 e. The van der Waals surface area contributed by atoms with Crippen LogP contribution in [0.15, 0.2) is 10.6 Å². The summed E-state index contributed by atoms with van der Waals surface area (Å²) in [5.74, 6) is -1.84. The zero-order chi connectivity index (χ0) is 20.5. The molecular weight excluding hydrogens is 364 g/mol. The Morgan fingerprint density at radius 2 is 1.89 bits per heavy atom. The monoisotopic (exact) mass is 384 g/mol. The van der Waals surface area contributed by atoms with Gasteiger partial charge in [0.25, 0.3) is 0 Å². The van der Waals surface area contributed by atoms with Gasteiger partial charge in [-0.3, -0.25) is 14.4 Å². The third kappa shape index (κ3) is 3.54. The molecule has 1 amide bonds. The molecule has 2 heterocycles. The molecule has 1 aliphatic rings. The average Bonchev–Trinajstić information content (AvgIpc) is 2.86. The van der Waals surface area contributed by atoms with Gasteiger partial charge in [0.2, 0.25) is 5.91 Å². The van der Waals surface area contributed by atoms with Gasteiger partial charge in [0.15, 0.2) is 11.6 Å². The Morgan fingerprint density at radius 3 is 2.37 bits per heavy atom. The van der Waals surface area contributed by atoms with Crippen molar-refractivity contribution in [1.29, 1.82) is 10.5 Å². The van der Waals surface area contributed by atoms with Gasteiger partial charge >= 0.3 is 0 Å². The molecule has 140 valence electrons. The molecule has 8 heteroatoms. The molecule has 1 aromatic rings. The van der Waals surface area contributed by atoms with Gasteiger partial charge in [0, 0.05) is 16.7 Å². The maximum atomic E-state index is 12.6. The summed E-state index contributed by atoms with van der Waals surface area (Å²) in [5.41, 5.74) is 1.41. The summed E-state index contributed by atoms with van der Waals surface area (Å²) in [5, 5.41) is 21.6. The van der Waals surface area contributed by atoms with E-state index < -0.39 is 17.2 Å². The van der Waals surface area contributed by atoms with Crippen molar-refractivity contribution < 1.29 is 14.4 Å². The highest BCUT2D eigenvalue weighted by Crippen LogP contribution is 2.41. The minimum absolute atomic E-state index is 0.0216. The molecular formula is C19H20N4O3S. The number of rotatable bonds is 5. The molecule has 0 bridgehead atoms. The molecule has 0 unspecified atom stereocenters. The second-order valence-corrected chi connectivity index (χ2v) is 7.97. The molecule has 2 N–H and O–H groups in total. The normalized spacial score (nSPS) is 18.5. The summed E-state index contributed by atoms with van der Waals surface area (Å²) >= 11 is 1.05. The predicted molar refractivity (Wildman–Crippen MR) is 101 cm³/mol. The van der Waals surface area contributed by atoms with E-state index in [4.69, 9.17) is 0 Å². The number of thioether (sulfide) groups is 1. The molecule has 0 fully saturated rings. The molecule has 0 aliphatic carbocycles. The Morgan fingerprint density at radius 1 is 1.26 bits per heavy atom. The number of aryl methyl sites for hydroxylation is 1. The number of nitrogens with one attached hydrogen (secondary N) is 2. The lowest BCUT2D eigenvalue weighted by Crippen LogP contribution is -2.44. The lowest BCUT2D eigenvalue weighted by molar-refractivity contribution is -0.125. The van der Waals surface area contributed by atoms with Crippen LogP contribution in [0, 0.1) is 47.8 Å². The lowest BCUT2D eigenvalue weighted by Gasteiger charge is -2.34. The fourth-order valence-corrected chi connectivity index (χ4v) is 4.35. The van der Waals surface area contributed by atoms with Crippen LogP contribution < -0.4 is 5.32 Å². The molecule has 7 nitrogen and oxygen atoms in total. The number of nitrogens with zero attached hydrogens (tertiary/aromatic N) is 2. The topological polar surface area (TPSA) is 127 Å². The molecule has 0 aromatic carbocycles. The first-order chi connectivity index (χ1) is 12.6. The third-order valence-electron chi connectivity index (χ3n) is 4.75. The first-order valence-corrected chi connectivity index (χ1v) is 9.26. The number of aromatic nitrogens is 1. The first kappa shape index (κ1) is 20.5. The molecule has 0 spiro atoms. The standard InChI is InChI=1S/C19H20N4O3S/c1-9-15(11(3)24)10(2)22-16(9)14(25)8-27-18-13(7-21)19(4,5)12(6-20)17(26)23-18/h12,22H,8H2,1-5H3,(H,23,26)/t12-/m0/s1. The number of amides is 1. The molecule has 1 aromatic heterocycles. The highest BCUT2D eigenvalue weighted by atomic mass is 32.2. The molecule has 1 aliphatic heterocycles. The number of H-pyrrole nitrogens is 1. The van der Waals surface area contributed by atoms with Crippen molar-refractivity contribution in [3.63, 3.8) is 0 Å². The van der Waals surface area contributed by atoms with Crippen LogP contribution in [-0.4, -0.2) is 28.2 Å². The van der Waals surface area contributed by atoms with E-state index in [1.54, 1.807) is 27.7 Å². The Labute approximate surface area is 161 Å². The minimum atomic E-state index is -0.973. The van der Waals surface area contributed by atoms with Crippen molar-refractivity contribution in [2.75, 3.05) is 5.75 Å². The number of ketones is 2. The average molecular weight is 384 g/mol. The lowest BCUT2D eigenvalue weighted by atomic mass is 9.72. The van der Waals surface area contributed by atoms with E-state index in [0.29, 0.717) is 27.5 Å². The molecule has 0 saturated heterocycles. The summed E-state index contributed by atoms with van der Waals surface area (Å²) < 4.78 is 0. The second-order valence-electron chi connectivity index (χ2n) is 6.98. The van der Waals surface area contributed by atoms with Crippen molar-refractivity contribution in [3.8, 4) is 12.1 Å². The van der Waals surface area contributed by atoms with Gasteiger partial charge in [-0.05, 0) is 26.3 Å². The van der Waals surface area contributed by atoms with Crippen molar-refractivity contribution >= 4 is 29.2 Å². The van der Waals surface area contributed by atoms with Crippen LogP contribution in [0.2, 0.25) is 0 Å². The summed E-state index contributed by atoms with van der Waals surface area (Å²) in [6.07, 6.45) is 0. The number of nitriles is 2. The number of hydrogen-bond acceptors (Lipinski definition) is 6. The quantitative estimate of drug-likeness (QED) is 0.752. The summed E-state index contributed by atoms with van der Waals surface area (Å²) in [6.45, 7) is 8.22. The second kappa shape index (κ2) is 7.42. The van der Waals surface area contributed by atoms with Gasteiger partial charge < -0.3 is 10.3 Å². The van der Waals surface area contributed by atoms with Crippen molar-refractivity contribution in [1.82, 2.24) is 10.3 Å². The van der Waals surface area contributed by atoms with Gasteiger partial charge in [-0.25, -0.2) is 0 Å². The Bertz CT molecular complexity index is 957. The first-order valence-electron chi connectivity index (χ1n) is 8.27. The van der Waals surface area contributed by atoms with Gasteiger partial charge in [0.1, 0.15) is 5.92 Å². The number of carbonyl (C=O) groups excluding carboxylic acids is 3. The predicted octanol–water partition coefficient (Wildman–Crippen LogP) is 2.78. The Kier molecular flexibility index (Phi) is 5.62. The van der Waals surface area contributed by atoms with Crippen LogP contribution in [0.3, 0.4) is 0 Å². The highest BCUT2D eigenvalue weighted by Gasteiger charge is 2.44. The van der Waals surface area contributed by atoms with E-state index in [1.807, 2.05) is 6.07 Å². The maximum Gasteiger partial charge on any atom is 0.243 e. The van der Waals surface area contributed by atoms with E-state index in [2.05, 4.69) is 16.4 Å². The van der Waals surface area contributed by atoms with Gasteiger partial charge in [0.05, 0.1) is 34.2 Å². The highest BCUT2D eigenvalue weighted by molar-refractivity contribution is 8.03. The molecule has 0 radical (unpaired) electrons. The van der Waals surface area contributed by atoms with Gasteiger partial charge in [-0.15, -0.1) is 0 Å². The largest absolute Gasteiger partial charge is 0.355 e. The fraction of sp³-hybridized carbons (Fsp3) is 0.421. The fourth-order valence-electron chi connectivity index (χ4n) is 3.30. The third-order valence-corrected chi connectivity index (χ3v) is 5.75. The molecule has 0 saturated carbocycles. The van der Waals surface area contributed by atoms with Crippen molar-refractivity contribution in [2.45, 2.75) is 34.6 Å². The van der Waals surface area contributed by atoms with E-state index in [9.17, 15) is 24.9 Å². The van der Waals surface area contributed by atoms with E-state index in [-0.39, 0.29) is 22.9 Å². The molecule has 1 atom stereocenters. The Balaban J connectivity index is 2.30. The maximum absolute atomic E-state index is 12.6. The smallest absolute Gasteiger partial charge is 0.243 e. The number of Topliss-reactive ketones (excluding diaryl/α,β-unsaturated/α-hetero) is 2. The number of hydrogen-bond donors (Lipinski definition) is 2. The number of allylic oxidation sites excluding steroid dienone is 1.